The van der Waals surface area contributed by atoms with E-state index >= 15 is 0 Å². The molecule has 146 valence electrons. The summed E-state index contributed by atoms with van der Waals surface area (Å²) in [6, 6.07) is 10.7. The maximum atomic E-state index is 11.9. The van der Waals surface area contributed by atoms with Gasteiger partial charge in [-0.1, -0.05) is 18.2 Å². The van der Waals surface area contributed by atoms with Gasteiger partial charge in [-0.2, -0.15) is 5.10 Å². The summed E-state index contributed by atoms with van der Waals surface area (Å²) < 4.78 is 1.67. The highest BCUT2D eigenvalue weighted by molar-refractivity contribution is 5.92. The monoisotopic (exact) mass is 390 g/mol. The molecule has 1 saturated carbocycles. The number of aromatic amines is 2. The maximum absolute atomic E-state index is 11.9. The number of carbonyl (C=O) groups excluding carboxylic acids is 1. The molecule has 5 rings (SSSR count). The summed E-state index contributed by atoms with van der Waals surface area (Å²) >= 11 is 0. The van der Waals surface area contributed by atoms with Gasteiger partial charge in [0, 0.05) is 29.7 Å². The van der Waals surface area contributed by atoms with Gasteiger partial charge in [0.15, 0.2) is 5.65 Å². The Balaban J connectivity index is 0.000000192. The molecule has 4 aromatic rings. The molecule has 0 atom stereocenters. The van der Waals surface area contributed by atoms with Gasteiger partial charge in [-0.25, -0.2) is 14.3 Å². The Bertz CT molecular complexity index is 1280. The lowest BCUT2D eigenvalue weighted by Crippen LogP contribution is -2.23. The van der Waals surface area contributed by atoms with E-state index in [0.717, 1.165) is 24.1 Å². The zero-order valence-electron chi connectivity index (χ0n) is 15.3. The van der Waals surface area contributed by atoms with Gasteiger partial charge in [0.2, 0.25) is 5.91 Å². The van der Waals surface area contributed by atoms with Crippen molar-refractivity contribution < 1.29 is 4.79 Å². The van der Waals surface area contributed by atoms with Crippen LogP contribution < -0.4 is 17.0 Å². The van der Waals surface area contributed by atoms with Gasteiger partial charge >= 0.3 is 5.69 Å². The third kappa shape index (κ3) is 3.98. The summed E-state index contributed by atoms with van der Waals surface area (Å²) in [5.41, 5.74) is 7.38. The molecule has 0 spiro atoms. The molecule has 0 bridgehead atoms. The van der Waals surface area contributed by atoms with E-state index in [1.165, 1.54) is 6.20 Å². The number of primary amides is 1. The van der Waals surface area contributed by atoms with Crippen molar-refractivity contribution in [2.24, 2.45) is 5.73 Å². The Morgan fingerprint density at radius 1 is 1.17 bits per heavy atom. The van der Waals surface area contributed by atoms with Gasteiger partial charge in [-0.05, 0) is 37.0 Å². The minimum atomic E-state index is -0.523. The highest BCUT2D eigenvalue weighted by Gasteiger charge is 2.27. The fraction of sp³-hybridized carbons (Fsp3) is 0.150. The molecule has 4 N–H and O–H groups in total. The molecule has 0 unspecified atom stereocenters. The molecule has 1 fully saturated rings. The van der Waals surface area contributed by atoms with E-state index in [1.807, 2.05) is 12.1 Å². The molecule has 1 aromatic carbocycles. The largest absolute Gasteiger partial charge is 0.366 e. The standard InChI is InChI=1S/C13H11N5O2.C7H7NO/c19-12-9(6-15-13(20)16-12)10-5-8(7-1-2-7)11-14-3-4-18(11)17-10;8-7(9)6-4-2-1-3-5-6/h3-7H,1-2H2,(H2,15,16,19,20);1-5H,(H2,8,9). The minimum absolute atomic E-state index is 0.349. The highest BCUT2D eigenvalue weighted by Crippen LogP contribution is 2.42. The predicted molar refractivity (Wildman–Crippen MR) is 107 cm³/mol. The predicted octanol–water partition coefficient (Wildman–Crippen LogP) is 1.44. The van der Waals surface area contributed by atoms with Crippen LogP contribution >= 0.6 is 0 Å². The fourth-order valence-corrected chi connectivity index (χ4v) is 2.97. The minimum Gasteiger partial charge on any atom is -0.366 e. The van der Waals surface area contributed by atoms with Crippen LogP contribution in [0.4, 0.5) is 0 Å². The summed E-state index contributed by atoms with van der Waals surface area (Å²) in [6.45, 7) is 0. The van der Waals surface area contributed by atoms with Crippen molar-refractivity contribution in [3.8, 4) is 11.3 Å². The van der Waals surface area contributed by atoms with Gasteiger partial charge in [0.25, 0.3) is 5.56 Å². The quantitative estimate of drug-likeness (QED) is 0.486. The molecule has 1 amide bonds. The molecule has 3 heterocycles. The van der Waals surface area contributed by atoms with Gasteiger partial charge in [-0.3, -0.25) is 14.6 Å². The van der Waals surface area contributed by atoms with E-state index in [1.54, 1.807) is 41.2 Å². The number of benzene rings is 1. The van der Waals surface area contributed by atoms with Crippen LogP contribution in [0.1, 0.15) is 34.7 Å². The average Bonchev–Trinajstić information content (AvgIpc) is 3.45. The molecule has 0 saturated heterocycles. The normalized spacial score (nSPS) is 13.0. The lowest BCUT2D eigenvalue weighted by atomic mass is 10.1. The Morgan fingerprint density at radius 3 is 2.55 bits per heavy atom. The van der Waals surface area contributed by atoms with E-state index in [9.17, 15) is 14.4 Å². The van der Waals surface area contributed by atoms with Gasteiger partial charge in [-0.15, -0.1) is 0 Å². The zero-order chi connectivity index (χ0) is 20.4. The third-order valence-corrected chi connectivity index (χ3v) is 4.56. The Morgan fingerprint density at radius 2 is 1.93 bits per heavy atom. The number of amides is 1. The average molecular weight is 390 g/mol. The van der Waals surface area contributed by atoms with Crippen molar-refractivity contribution in [2.75, 3.05) is 0 Å². The van der Waals surface area contributed by atoms with Gasteiger partial charge < -0.3 is 10.7 Å². The lowest BCUT2D eigenvalue weighted by Gasteiger charge is -2.05. The topological polar surface area (TPSA) is 139 Å². The number of imidazole rings is 1. The molecule has 9 nitrogen and oxygen atoms in total. The Labute approximate surface area is 164 Å². The van der Waals surface area contributed by atoms with Crippen LogP contribution in [0.15, 0.2) is 64.6 Å². The van der Waals surface area contributed by atoms with Crippen molar-refractivity contribution in [3.63, 3.8) is 0 Å². The number of hydrogen-bond donors (Lipinski definition) is 3. The van der Waals surface area contributed by atoms with E-state index in [0.29, 0.717) is 22.7 Å². The van der Waals surface area contributed by atoms with Crippen LogP contribution in [-0.4, -0.2) is 30.5 Å². The second-order valence-electron chi connectivity index (χ2n) is 6.67. The van der Waals surface area contributed by atoms with Crippen molar-refractivity contribution >= 4 is 11.6 Å². The van der Waals surface area contributed by atoms with Crippen molar-refractivity contribution in [1.82, 2.24) is 24.6 Å². The number of hydrogen-bond acceptors (Lipinski definition) is 5. The van der Waals surface area contributed by atoms with Gasteiger partial charge in [0.05, 0.1) is 11.3 Å². The van der Waals surface area contributed by atoms with E-state index in [4.69, 9.17) is 5.73 Å². The summed E-state index contributed by atoms with van der Waals surface area (Å²) in [6.07, 6.45) is 7.10. The van der Waals surface area contributed by atoms with Crippen LogP contribution in [0.25, 0.3) is 16.9 Å². The molecule has 0 aliphatic heterocycles. The van der Waals surface area contributed by atoms with Gasteiger partial charge in [0.1, 0.15) is 0 Å². The number of nitrogens with two attached hydrogens (primary N) is 1. The van der Waals surface area contributed by atoms with Crippen molar-refractivity contribution in [1.29, 1.82) is 0 Å². The highest BCUT2D eigenvalue weighted by atomic mass is 16.2. The van der Waals surface area contributed by atoms with Crippen LogP contribution in [0, 0.1) is 0 Å². The van der Waals surface area contributed by atoms with Crippen molar-refractivity contribution in [3.05, 3.63) is 87.0 Å². The van der Waals surface area contributed by atoms with Crippen LogP contribution in [-0.2, 0) is 0 Å². The molecular formula is C20H18N6O3. The Kier molecular flexibility index (Phi) is 4.78. The Hall–Kier alpha value is -4.01. The second kappa shape index (κ2) is 7.55. The molecule has 0 radical (unpaired) electrons. The number of nitrogens with one attached hydrogen (secondary N) is 2. The second-order valence-corrected chi connectivity index (χ2v) is 6.67. The summed E-state index contributed by atoms with van der Waals surface area (Å²) in [5.74, 6) is 0.110. The first-order valence-corrected chi connectivity index (χ1v) is 9.04. The SMILES string of the molecule is NC(=O)c1ccccc1.O=c1[nH]cc(-c2cc(C3CC3)c3nccn3n2)c(=O)[nH]1. The summed E-state index contributed by atoms with van der Waals surface area (Å²) in [4.78, 5) is 42.4. The number of carbonyl (C=O) groups is 1. The smallest absolute Gasteiger partial charge is 0.325 e. The molecular weight excluding hydrogens is 372 g/mol. The van der Waals surface area contributed by atoms with Crippen LogP contribution in [0.5, 0.6) is 0 Å². The number of rotatable bonds is 3. The maximum Gasteiger partial charge on any atom is 0.325 e. The van der Waals surface area contributed by atoms with Crippen LogP contribution in [0.2, 0.25) is 0 Å². The first-order chi connectivity index (χ1) is 14.0. The zero-order valence-corrected chi connectivity index (χ0v) is 15.3. The first kappa shape index (κ1) is 18.4. The van der Waals surface area contributed by atoms with E-state index in [-0.39, 0.29) is 5.91 Å². The molecule has 29 heavy (non-hydrogen) atoms. The van der Waals surface area contributed by atoms with Crippen molar-refractivity contribution in [2.45, 2.75) is 18.8 Å². The fourth-order valence-electron chi connectivity index (χ4n) is 2.97. The number of H-pyrrole nitrogens is 2. The summed E-state index contributed by atoms with van der Waals surface area (Å²) in [5, 5.41) is 4.38. The number of aromatic nitrogens is 5. The number of nitrogens with zero attached hydrogens (tertiary/aromatic N) is 3. The molecule has 9 heteroatoms. The molecule has 3 aromatic heterocycles. The molecule has 1 aliphatic rings. The lowest BCUT2D eigenvalue weighted by molar-refractivity contribution is 0.100. The third-order valence-electron chi connectivity index (χ3n) is 4.56. The van der Waals surface area contributed by atoms with E-state index < -0.39 is 11.2 Å². The summed E-state index contributed by atoms with van der Waals surface area (Å²) in [7, 11) is 0. The number of fused-ring (bicyclic) bond motifs is 1. The van der Waals surface area contributed by atoms with E-state index in [2.05, 4.69) is 20.1 Å². The van der Waals surface area contributed by atoms with Crippen LogP contribution in [0.3, 0.4) is 0 Å². The first-order valence-electron chi connectivity index (χ1n) is 9.04. The molecule has 1 aliphatic carbocycles.